The third-order valence-corrected chi connectivity index (χ3v) is 3.30. The highest BCUT2D eigenvalue weighted by Crippen LogP contribution is 2.32. The Morgan fingerprint density at radius 3 is 2.55 bits per heavy atom. The fraction of sp³-hybridized carbons (Fsp3) is 0.462. The lowest BCUT2D eigenvalue weighted by Gasteiger charge is -2.37. The Morgan fingerprint density at radius 1 is 1.40 bits per heavy atom. The number of ether oxygens (including phenoxy) is 1. The number of hydrogen-bond acceptors (Lipinski definition) is 6. The van der Waals surface area contributed by atoms with E-state index in [1.165, 1.54) is 13.0 Å². The molecular formula is C13H16N2O5. The summed E-state index contributed by atoms with van der Waals surface area (Å²) in [4.78, 5) is 23.3. The first kappa shape index (κ1) is 14.3. The van der Waals surface area contributed by atoms with Crippen LogP contribution in [0.4, 0.5) is 11.4 Å². The number of esters is 1. The molecule has 0 radical (unpaired) electrons. The summed E-state index contributed by atoms with van der Waals surface area (Å²) in [6.45, 7) is 2.01. The zero-order valence-electron chi connectivity index (χ0n) is 11.1. The van der Waals surface area contributed by atoms with E-state index in [0.717, 1.165) is 0 Å². The maximum atomic E-state index is 11.0. The minimum absolute atomic E-state index is 0.0328. The van der Waals surface area contributed by atoms with Crippen molar-refractivity contribution in [2.75, 3.05) is 18.0 Å². The van der Waals surface area contributed by atoms with E-state index in [9.17, 15) is 20.0 Å². The topological polar surface area (TPSA) is 92.9 Å². The normalized spacial score (nSPS) is 17.6. The van der Waals surface area contributed by atoms with Gasteiger partial charge in [-0.15, -0.1) is 0 Å². The van der Waals surface area contributed by atoms with E-state index in [2.05, 4.69) is 0 Å². The predicted molar refractivity (Wildman–Crippen MR) is 71.3 cm³/mol. The van der Waals surface area contributed by atoms with E-state index >= 15 is 0 Å². The van der Waals surface area contributed by atoms with Crippen molar-refractivity contribution in [1.29, 1.82) is 0 Å². The number of piperidine rings is 1. The molecule has 1 aliphatic heterocycles. The lowest BCUT2D eigenvalue weighted by atomic mass is 10.0. The van der Waals surface area contributed by atoms with Gasteiger partial charge in [-0.25, -0.2) is 0 Å². The van der Waals surface area contributed by atoms with Gasteiger partial charge in [-0.3, -0.25) is 14.9 Å². The van der Waals surface area contributed by atoms with Gasteiger partial charge in [0.15, 0.2) is 0 Å². The number of nitro benzene ring substituents is 1. The second-order valence-electron chi connectivity index (χ2n) is 4.77. The van der Waals surface area contributed by atoms with Crippen LogP contribution in [0.5, 0.6) is 0 Å². The van der Waals surface area contributed by atoms with Crippen LogP contribution < -0.4 is 4.90 Å². The van der Waals surface area contributed by atoms with Gasteiger partial charge in [0.1, 0.15) is 5.69 Å². The van der Waals surface area contributed by atoms with E-state index in [-0.39, 0.29) is 18.5 Å². The monoisotopic (exact) mass is 280 g/mol. The number of rotatable bonds is 3. The molecule has 0 amide bonds. The van der Waals surface area contributed by atoms with E-state index in [0.29, 0.717) is 18.8 Å². The summed E-state index contributed by atoms with van der Waals surface area (Å²) in [7, 11) is 0. The fourth-order valence-electron chi connectivity index (χ4n) is 2.35. The lowest BCUT2D eigenvalue weighted by molar-refractivity contribution is -0.384. The maximum Gasteiger partial charge on any atom is 0.305 e. The average molecular weight is 280 g/mol. The Hall–Kier alpha value is -2.15. The first-order valence-corrected chi connectivity index (χ1v) is 6.32. The fourth-order valence-corrected chi connectivity index (χ4v) is 2.35. The molecular weight excluding hydrogens is 264 g/mol. The number of carbonyl (C=O) groups excluding carboxylic acids is 1. The van der Waals surface area contributed by atoms with Crippen LogP contribution in [0.1, 0.15) is 19.8 Å². The molecule has 7 nitrogen and oxygen atoms in total. The van der Waals surface area contributed by atoms with Crippen LogP contribution in [0.15, 0.2) is 24.3 Å². The van der Waals surface area contributed by atoms with E-state index in [1.54, 1.807) is 18.2 Å². The Labute approximate surface area is 115 Å². The lowest BCUT2D eigenvalue weighted by Crippen LogP contribution is -2.47. The second-order valence-corrected chi connectivity index (χ2v) is 4.77. The molecule has 0 saturated carbocycles. The number of carbonyl (C=O) groups is 1. The van der Waals surface area contributed by atoms with Gasteiger partial charge >= 0.3 is 5.97 Å². The van der Waals surface area contributed by atoms with Gasteiger partial charge in [0.05, 0.1) is 4.92 Å². The molecule has 20 heavy (non-hydrogen) atoms. The molecule has 1 aromatic rings. The van der Waals surface area contributed by atoms with Gasteiger partial charge in [0.2, 0.25) is 5.79 Å². The Morgan fingerprint density at radius 2 is 2.00 bits per heavy atom. The van der Waals surface area contributed by atoms with Gasteiger partial charge in [-0.2, -0.15) is 0 Å². The van der Waals surface area contributed by atoms with Gasteiger partial charge in [0, 0.05) is 38.9 Å². The zero-order valence-corrected chi connectivity index (χ0v) is 11.1. The molecule has 0 spiro atoms. The SMILES string of the molecule is CC(=O)OC1(O)CCN(c2ccccc2[N+](=O)[O-])CC1. The molecule has 0 aromatic heterocycles. The van der Waals surface area contributed by atoms with E-state index in [1.807, 2.05) is 4.90 Å². The highest BCUT2D eigenvalue weighted by atomic mass is 16.7. The molecule has 1 saturated heterocycles. The summed E-state index contributed by atoms with van der Waals surface area (Å²) < 4.78 is 4.90. The second kappa shape index (κ2) is 5.46. The number of nitrogens with zero attached hydrogens (tertiary/aromatic N) is 2. The van der Waals surface area contributed by atoms with Crippen LogP contribution in [-0.4, -0.2) is 34.9 Å². The molecule has 1 N–H and O–H groups in total. The van der Waals surface area contributed by atoms with Crippen LogP contribution in [-0.2, 0) is 9.53 Å². The summed E-state index contributed by atoms with van der Waals surface area (Å²) in [6, 6.07) is 6.46. The number of anilines is 1. The average Bonchev–Trinajstić information content (AvgIpc) is 2.38. The van der Waals surface area contributed by atoms with Crippen LogP contribution in [0.2, 0.25) is 0 Å². The zero-order chi connectivity index (χ0) is 14.8. The van der Waals surface area contributed by atoms with Crippen molar-refractivity contribution in [3.8, 4) is 0 Å². The first-order chi connectivity index (χ1) is 9.41. The summed E-state index contributed by atoms with van der Waals surface area (Å²) in [5.41, 5.74) is 0.549. The van der Waals surface area contributed by atoms with Crippen molar-refractivity contribution < 1.29 is 19.6 Å². The Balaban J connectivity index is 2.11. The molecule has 108 valence electrons. The smallest absolute Gasteiger partial charge is 0.305 e. The molecule has 1 aliphatic rings. The largest absolute Gasteiger partial charge is 0.433 e. The molecule has 1 heterocycles. The Bertz CT molecular complexity index is 523. The summed E-state index contributed by atoms with van der Waals surface area (Å²) in [5.74, 6) is -2.00. The highest BCUT2D eigenvalue weighted by Gasteiger charge is 2.36. The first-order valence-electron chi connectivity index (χ1n) is 6.32. The summed E-state index contributed by atoms with van der Waals surface area (Å²) >= 11 is 0. The number of benzene rings is 1. The number of para-hydroxylation sites is 2. The molecule has 2 rings (SSSR count). The summed E-state index contributed by atoms with van der Waals surface area (Å²) in [5, 5.41) is 21.1. The third kappa shape index (κ3) is 3.05. The predicted octanol–water partition coefficient (Wildman–Crippen LogP) is 1.45. The number of nitro groups is 1. The van der Waals surface area contributed by atoms with Gasteiger partial charge in [-0.1, -0.05) is 12.1 Å². The number of aliphatic hydroxyl groups is 1. The third-order valence-electron chi connectivity index (χ3n) is 3.30. The molecule has 0 atom stereocenters. The Kier molecular flexibility index (Phi) is 3.89. The molecule has 0 bridgehead atoms. The molecule has 0 unspecified atom stereocenters. The van der Waals surface area contributed by atoms with Gasteiger partial charge < -0.3 is 14.7 Å². The van der Waals surface area contributed by atoms with Crippen molar-refractivity contribution in [2.24, 2.45) is 0 Å². The van der Waals surface area contributed by atoms with Gasteiger partial charge in [-0.05, 0) is 6.07 Å². The van der Waals surface area contributed by atoms with Crippen molar-refractivity contribution >= 4 is 17.3 Å². The van der Waals surface area contributed by atoms with Crippen molar-refractivity contribution in [2.45, 2.75) is 25.6 Å². The van der Waals surface area contributed by atoms with Crippen LogP contribution in [0, 0.1) is 10.1 Å². The van der Waals surface area contributed by atoms with Crippen molar-refractivity contribution in [3.63, 3.8) is 0 Å². The van der Waals surface area contributed by atoms with Crippen molar-refractivity contribution in [3.05, 3.63) is 34.4 Å². The highest BCUT2D eigenvalue weighted by molar-refractivity contribution is 5.66. The molecule has 7 heteroatoms. The molecule has 1 aromatic carbocycles. The summed E-state index contributed by atoms with van der Waals surface area (Å²) in [6.07, 6.45) is 0.442. The minimum Gasteiger partial charge on any atom is -0.433 e. The minimum atomic E-state index is -1.47. The van der Waals surface area contributed by atoms with E-state index in [4.69, 9.17) is 4.74 Å². The van der Waals surface area contributed by atoms with Crippen LogP contribution >= 0.6 is 0 Å². The van der Waals surface area contributed by atoms with Gasteiger partial charge in [0.25, 0.3) is 5.69 Å². The number of hydrogen-bond donors (Lipinski definition) is 1. The molecule has 1 fully saturated rings. The maximum absolute atomic E-state index is 11.0. The van der Waals surface area contributed by atoms with Crippen LogP contribution in [0.25, 0.3) is 0 Å². The van der Waals surface area contributed by atoms with Crippen LogP contribution in [0.3, 0.4) is 0 Å². The van der Waals surface area contributed by atoms with Crippen molar-refractivity contribution in [1.82, 2.24) is 0 Å². The standard InChI is InChI=1S/C13H16N2O5/c1-10(16)20-13(17)6-8-14(9-7-13)11-4-2-3-5-12(11)15(18)19/h2-5,17H,6-9H2,1H3. The van der Waals surface area contributed by atoms with E-state index < -0.39 is 16.7 Å². The molecule has 0 aliphatic carbocycles. The quantitative estimate of drug-likeness (QED) is 0.390.